The molecule has 0 fully saturated rings. The predicted octanol–water partition coefficient (Wildman–Crippen LogP) is 8.60. The van der Waals surface area contributed by atoms with Crippen LogP contribution in [0.1, 0.15) is 80.2 Å². The molecule has 36 heavy (non-hydrogen) atoms. The van der Waals surface area contributed by atoms with Gasteiger partial charge in [-0.05, 0) is 52.0 Å². The van der Waals surface area contributed by atoms with Crippen molar-refractivity contribution in [3.8, 4) is 0 Å². The summed E-state index contributed by atoms with van der Waals surface area (Å²) in [5, 5.41) is 9.77. The van der Waals surface area contributed by atoms with Crippen LogP contribution in [-0.4, -0.2) is 11.4 Å². The first kappa shape index (κ1) is 24.2. The van der Waals surface area contributed by atoms with Crippen molar-refractivity contribution in [2.75, 3.05) is 0 Å². The topological polar surface area (TPSA) is 24.7 Å². The van der Waals surface area contributed by atoms with Gasteiger partial charge in [-0.25, -0.2) is 0 Å². The van der Waals surface area contributed by atoms with Crippen molar-refractivity contribution in [3.05, 3.63) is 131 Å². The Morgan fingerprint density at radius 1 is 0.722 bits per heavy atom. The molecule has 1 aliphatic heterocycles. The number of hydrogen-bond acceptors (Lipinski definition) is 2. The fraction of sp³-hybridized carbons (Fsp3) is 0.294. The van der Waals surface area contributed by atoms with Crippen LogP contribution in [0.3, 0.4) is 0 Å². The van der Waals surface area contributed by atoms with E-state index in [4.69, 9.17) is 10.2 Å². The maximum Gasteiger partial charge on any atom is 0.0737 e. The zero-order chi connectivity index (χ0) is 25.1. The lowest BCUT2D eigenvalue weighted by atomic mass is 9.78. The van der Waals surface area contributed by atoms with Crippen LogP contribution in [0.15, 0.2) is 113 Å². The highest BCUT2D eigenvalue weighted by atomic mass is 15.2. The van der Waals surface area contributed by atoms with Gasteiger partial charge in [0.2, 0.25) is 0 Å². The molecule has 0 radical (unpaired) electrons. The van der Waals surface area contributed by atoms with Crippen molar-refractivity contribution in [2.45, 2.75) is 57.8 Å². The first-order valence-corrected chi connectivity index (χ1v) is 13.1. The molecule has 0 saturated heterocycles. The molecule has 0 bridgehead atoms. The first-order chi connectivity index (χ1) is 17.4. The molecule has 0 amide bonds. The van der Waals surface area contributed by atoms with Gasteiger partial charge in [-0.2, -0.15) is 10.2 Å². The lowest BCUT2D eigenvalue weighted by molar-refractivity contribution is 0.590. The minimum absolute atomic E-state index is 0.131. The molecule has 5 rings (SSSR count). The highest BCUT2D eigenvalue weighted by Gasteiger charge is 2.29. The van der Waals surface area contributed by atoms with E-state index in [2.05, 4.69) is 131 Å². The van der Waals surface area contributed by atoms with E-state index in [1.807, 2.05) is 0 Å². The standard InChI is InChI=1S/C34H36N2/c1-24-31(27-13-9-6-10-14-27)23-32(28-19-21-30(22-20-28)34(2,3)4)35-36-33(24)29-17-15-26(16-18-29)25-11-7-5-8-12-25/h5-11,13-22,24-25,31H,12,23H2,1-4H3. The fourth-order valence-electron chi connectivity index (χ4n) is 5.32. The number of benzene rings is 3. The summed E-state index contributed by atoms with van der Waals surface area (Å²) in [7, 11) is 0. The second kappa shape index (κ2) is 10.2. The Bertz CT molecular complexity index is 1300. The van der Waals surface area contributed by atoms with Gasteiger partial charge in [-0.15, -0.1) is 0 Å². The summed E-state index contributed by atoms with van der Waals surface area (Å²) in [6, 6.07) is 28.8. The summed E-state index contributed by atoms with van der Waals surface area (Å²) in [4.78, 5) is 0. The number of hydrogen-bond donors (Lipinski definition) is 0. The monoisotopic (exact) mass is 472 g/mol. The molecule has 3 aromatic carbocycles. The zero-order valence-corrected chi connectivity index (χ0v) is 21.9. The third kappa shape index (κ3) is 5.18. The summed E-state index contributed by atoms with van der Waals surface area (Å²) in [6.07, 6.45) is 10.7. The summed E-state index contributed by atoms with van der Waals surface area (Å²) in [5.74, 6) is 1.00. The Morgan fingerprint density at radius 2 is 1.42 bits per heavy atom. The molecular formula is C34H36N2. The molecule has 2 aliphatic rings. The maximum atomic E-state index is 4.90. The van der Waals surface area contributed by atoms with Gasteiger partial charge >= 0.3 is 0 Å². The minimum atomic E-state index is 0.131. The first-order valence-electron chi connectivity index (χ1n) is 13.1. The van der Waals surface area contributed by atoms with Gasteiger partial charge in [-0.3, -0.25) is 0 Å². The minimum Gasteiger partial charge on any atom is -0.155 e. The van der Waals surface area contributed by atoms with Crippen LogP contribution in [0, 0.1) is 5.92 Å². The Hall–Kier alpha value is -3.52. The lowest BCUT2D eigenvalue weighted by Gasteiger charge is -2.25. The molecule has 3 aromatic rings. The van der Waals surface area contributed by atoms with E-state index in [1.165, 1.54) is 16.7 Å². The molecule has 3 unspecified atom stereocenters. The predicted molar refractivity (Wildman–Crippen MR) is 153 cm³/mol. The van der Waals surface area contributed by atoms with Gasteiger partial charge in [0.1, 0.15) is 0 Å². The lowest BCUT2D eigenvalue weighted by Crippen LogP contribution is -2.21. The van der Waals surface area contributed by atoms with Crippen molar-refractivity contribution >= 4 is 11.4 Å². The molecule has 2 nitrogen and oxygen atoms in total. The van der Waals surface area contributed by atoms with Gasteiger partial charge < -0.3 is 0 Å². The summed E-state index contributed by atoms with van der Waals surface area (Å²) < 4.78 is 0. The van der Waals surface area contributed by atoms with Gasteiger partial charge in [0, 0.05) is 11.8 Å². The Morgan fingerprint density at radius 3 is 2.06 bits per heavy atom. The quantitative estimate of drug-likeness (QED) is 0.363. The molecule has 1 aliphatic carbocycles. The molecule has 1 heterocycles. The van der Waals surface area contributed by atoms with Crippen LogP contribution in [0.2, 0.25) is 0 Å². The van der Waals surface area contributed by atoms with E-state index >= 15 is 0 Å². The molecule has 0 aromatic heterocycles. The smallest absolute Gasteiger partial charge is 0.0737 e. The Balaban J connectivity index is 1.51. The molecule has 0 saturated carbocycles. The highest BCUT2D eigenvalue weighted by molar-refractivity contribution is 6.07. The van der Waals surface area contributed by atoms with Crippen molar-refractivity contribution < 1.29 is 0 Å². The van der Waals surface area contributed by atoms with E-state index in [9.17, 15) is 0 Å². The van der Waals surface area contributed by atoms with Gasteiger partial charge in [-0.1, -0.05) is 131 Å². The normalized spacial score (nSPS) is 22.1. The van der Waals surface area contributed by atoms with Crippen LogP contribution >= 0.6 is 0 Å². The van der Waals surface area contributed by atoms with Crippen LogP contribution in [0.5, 0.6) is 0 Å². The molecule has 2 heteroatoms. The highest BCUT2D eigenvalue weighted by Crippen LogP contribution is 2.35. The summed E-state index contributed by atoms with van der Waals surface area (Å²) in [6.45, 7) is 9.06. The van der Waals surface area contributed by atoms with E-state index in [0.717, 1.165) is 35.4 Å². The van der Waals surface area contributed by atoms with Crippen molar-refractivity contribution in [3.63, 3.8) is 0 Å². The Kier molecular flexibility index (Phi) is 6.87. The maximum absolute atomic E-state index is 4.90. The summed E-state index contributed by atoms with van der Waals surface area (Å²) >= 11 is 0. The molecule has 182 valence electrons. The third-order valence-electron chi connectivity index (χ3n) is 7.65. The van der Waals surface area contributed by atoms with Crippen molar-refractivity contribution in [1.29, 1.82) is 0 Å². The molecule has 3 atom stereocenters. The molecule has 0 N–H and O–H groups in total. The van der Waals surface area contributed by atoms with Crippen LogP contribution < -0.4 is 0 Å². The average Bonchev–Trinajstić information content (AvgIpc) is 3.08. The van der Waals surface area contributed by atoms with Crippen molar-refractivity contribution in [2.24, 2.45) is 16.1 Å². The number of nitrogens with zero attached hydrogens (tertiary/aromatic N) is 2. The van der Waals surface area contributed by atoms with Crippen LogP contribution in [-0.2, 0) is 5.41 Å². The van der Waals surface area contributed by atoms with E-state index in [-0.39, 0.29) is 11.3 Å². The van der Waals surface area contributed by atoms with Crippen molar-refractivity contribution in [1.82, 2.24) is 0 Å². The van der Waals surface area contributed by atoms with Gasteiger partial charge in [0.25, 0.3) is 0 Å². The Labute approximate surface area is 216 Å². The average molecular weight is 473 g/mol. The van der Waals surface area contributed by atoms with E-state index < -0.39 is 0 Å². The number of allylic oxidation sites excluding steroid dienone is 4. The third-order valence-corrected chi connectivity index (χ3v) is 7.65. The zero-order valence-electron chi connectivity index (χ0n) is 21.9. The van der Waals surface area contributed by atoms with Gasteiger partial charge in [0.15, 0.2) is 0 Å². The SMILES string of the molecule is CC1C(c2ccc(C3C=CC=CC3)cc2)=NN=C(c2ccc(C(C)(C)C)cc2)CC1c1ccccc1. The summed E-state index contributed by atoms with van der Waals surface area (Å²) in [5.41, 5.74) is 8.60. The van der Waals surface area contributed by atoms with Gasteiger partial charge in [0.05, 0.1) is 11.4 Å². The van der Waals surface area contributed by atoms with E-state index in [1.54, 1.807) is 0 Å². The number of rotatable bonds is 4. The second-order valence-electron chi connectivity index (χ2n) is 11.1. The molecular weight excluding hydrogens is 436 g/mol. The van der Waals surface area contributed by atoms with Crippen LogP contribution in [0.4, 0.5) is 0 Å². The second-order valence-corrected chi connectivity index (χ2v) is 11.1. The largest absolute Gasteiger partial charge is 0.155 e. The molecule has 0 spiro atoms. The van der Waals surface area contributed by atoms with E-state index in [0.29, 0.717) is 11.8 Å². The van der Waals surface area contributed by atoms with Crippen LogP contribution in [0.25, 0.3) is 0 Å². The fourth-order valence-corrected chi connectivity index (χ4v) is 5.32.